The molecule has 2 heterocycles. The van der Waals surface area contributed by atoms with Crippen molar-refractivity contribution < 1.29 is 4.74 Å². The highest BCUT2D eigenvalue weighted by Crippen LogP contribution is 2.29. The van der Waals surface area contributed by atoms with Crippen LogP contribution < -0.4 is 10.1 Å². The Kier molecular flexibility index (Phi) is 3.81. The van der Waals surface area contributed by atoms with Crippen LogP contribution >= 0.6 is 11.3 Å². The molecule has 0 saturated carbocycles. The fraction of sp³-hybridized carbons (Fsp3) is 0.400. The van der Waals surface area contributed by atoms with Gasteiger partial charge in [-0.1, -0.05) is 18.3 Å². The zero-order chi connectivity index (χ0) is 12.1. The van der Waals surface area contributed by atoms with Crippen molar-refractivity contribution in [2.75, 3.05) is 19.0 Å². The molecule has 0 aliphatic rings. The molecule has 0 amide bonds. The van der Waals surface area contributed by atoms with Gasteiger partial charge in [0.05, 0.1) is 7.11 Å². The third kappa shape index (κ3) is 2.68. The molecule has 0 fully saturated rings. The molecule has 7 heteroatoms. The Morgan fingerprint density at radius 3 is 2.88 bits per heavy atom. The van der Waals surface area contributed by atoms with Gasteiger partial charge in [0.25, 0.3) is 0 Å². The molecule has 2 aromatic heterocycles. The molecule has 0 atom stereocenters. The van der Waals surface area contributed by atoms with Crippen molar-refractivity contribution in [3.63, 3.8) is 0 Å². The number of rotatable bonds is 5. The lowest BCUT2D eigenvalue weighted by Gasteiger charge is -2.01. The molecule has 0 saturated heterocycles. The van der Waals surface area contributed by atoms with Gasteiger partial charge < -0.3 is 10.1 Å². The standard InChI is InChI=1S/C10H13N5OS/c1-3-4-13-10-15-14-9(17-10)7-8(16-2)12-6-5-11-7/h5-6H,3-4H2,1-2H3,(H,13,15). The summed E-state index contributed by atoms with van der Waals surface area (Å²) in [6.45, 7) is 2.98. The molecule has 90 valence electrons. The van der Waals surface area contributed by atoms with E-state index in [2.05, 4.69) is 32.4 Å². The zero-order valence-electron chi connectivity index (χ0n) is 9.67. The number of ether oxygens (including phenoxy) is 1. The minimum atomic E-state index is 0.464. The molecule has 0 aliphatic carbocycles. The summed E-state index contributed by atoms with van der Waals surface area (Å²) in [4.78, 5) is 8.28. The van der Waals surface area contributed by atoms with Gasteiger partial charge in [-0.3, -0.25) is 0 Å². The van der Waals surface area contributed by atoms with Crippen LogP contribution in [0.2, 0.25) is 0 Å². The maximum atomic E-state index is 5.14. The van der Waals surface area contributed by atoms with Crippen molar-refractivity contribution in [3.8, 4) is 16.6 Å². The Morgan fingerprint density at radius 1 is 1.29 bits per heavy atom. The van der Waals surface area contributed by atoms with Crippen LogP contribution in [0.5, 0.6) is 5.88 Å². The Hall–Kier alpha value is -1.76. The second kappa shape index (κ2) is 5.53. The SMILES string of the molecule is CCCNc1nnc(-c2nccnc2OC)s1. The highest BCUT2D eigenvalue weighted by molar-refractivity contribution is 7.18. The van der Waals surface area contributed by atoms with Crippen molar-refractivity contribution in [2.24, 2.45) is 0 Å². The third-order valence-electron chi connectivity index (χ3n) is 2.01. The predicted molar refractivity (Wildman–Crippen MR) is 66.3 cm³/mol. The van der Waals surface area contributed by atoms with Crippen LogP contribution in [0.25, 0.3) is 10.7 Å². The summed E-state index contributed by atoms with van der Waals surface area (Å²) in [5.41, 5.74) is 0.622. The molecular weight excluding hydrogens is 238 g/mol. The van der Waals surface area contributed by atoms with Crippen molar-refractivity contribution in [1.82, 2.24) is 20.2 Å². The van der Waals surface area contributed by atoms with Gasteiger partial charge in [-0.2, -0.15) is 0 Å². The first-order valence-corrected chi connectivity index (χ1v) is 6.09. The van der Waals surface area contributed by atoms with Gasteiger partial charge in [-0.25, -0.2) is 9.97 Å². The van der Waals surface area contributed by atoms with E-state index in [-0.39, 0.29) is 0 Å². The van der Waals surface area contributed by atoms with Crippen LogP contribution in [0.4, 0.5) is 5.13 Å². The van der Waals surface area contributed by atoms with E-state index in [9.17, 15) is 0 Å². The minimum Gasteiger partial charge on any atom is -0.479 e. The second-order valence-corrected chi connectivity index (χ2v) is 4.23. The molecule has 0 aliphatic heterocycles. The number of hydrogen-bond acceptors (Lipinski definition) is 7. The number of nitrogens with one attached hydrogen (secondary N) is 1. The van der Waals surface area contributed by atoms with Crippen molar-refractivity contribution in [1.29, 1.82) is 0 Å². The number of nitrogens with zero attached hydrogens (tertiary/aromatic N) is 4. The van der Waals surface area contributed by atoms with Crippen molar-refractivity contribution >= 4 is 16.5 Å². The molecule has 0 aromatic carbocycles. The minimum absolute atomic E-state index is 0.464. The van der Waals surface area contributed by atoms with Crippen LogP contribution in [-0.2, 0) is 0 Å². The van der Waals surface area contributed by atoms with Crippen LogP contribution in [0.15, 0.2) is 12.4 Å². The number of hydrogen-bond donors (Lipinski definition) is 1. The van der Waals surface area contributed by atoms with Gasteiger partial charge >= 0.3 is 0 Å². The topological polar surface area (TPSA) is 72.8 Å². The molecule has 0 spiro atoms. The first-order chi connectivity index (χ1) is 8.35. The maximum absolute atomic E-state index is 5.14. The average molecular weight is 251 g/mol. The summed E-state index contributed by atoms with van der Waals surface area (Å²) in [5, 5.41) is 12.8. The molecule has 2 aromatic rings. The first kappa shape index (κ1) is 11.7. The summed E-state index contributed by atoms with van der Waals surface area (Å²) in [6.07, 6.45) is 4.24. The second-order valence-electron chi connectivity index (χ2n) is 3.25. The zero-order valence-corrected chi connectivity index (χ0v) is 10.5. The lowest BCUT2D eigenvalue weighted by atomic mass is 10.4. The van der Waals surface area contributed by atoms with Crippen molar-refractivity contribution in [3.05, 3.63) is 12.4 Å². The monoisotopic (exact) mass is 251 g/mol. The van der Waals surface area contributed by atoms with E-state index in [1.807, 2.05) is 0 Å². The summed E-state index contributed by atoms with van der Waals surface area (Å²) in [7, 11) is 1.56. The molecular formula is C10H13N5OS. The normalized spacial score (nSPS) is 10.2. The van der Waals surface area contributed by atoms with Gasteiger partial charge in [0.15, 0.2) is 10.7 Å². The van der Waals surface area contributed by atoms with E-state index in [0.29, 0.717) is 16.6 Å². The highest BCUT2D eigenvalue weighted by atomic mass is 32.1. The molecule has 1 N–H and O–H groups in total. The predicted octanol–water partition coefficient (Wildman–Crippen LogP) is 1.83. The van der Waals surface area contributed by atoms with E-state index in [4.69, 9.17) is 4.74 Å². The quantitative estimate of drug-likeness (QED) is 0.874. The fourth-order valence-electron chi connectivity index (χ4n) is 1.24. The number of methoxy groups -OCH3 is 1. The van der Waals surface area contributed by atoms with Gasteiger partial charge in [0, 0.05) is 18.9 Å². The van der Waals surface area contributed by atoms with Crippen LogP contribution in [0.3, 0.4) is 0 Å². The number of anilines is 1. The van der Waals surface area contributed by atoms with E-state index >= 15 is 0 Å². The Morgan fingerprint density at radius 2 is 2.12 bits per heavy atom. The van der Waals surface area contributed by atoms with Gasteiger partial charge in [0.1, 0.15) is 0 Å². The molecule has 6 nitrogen and oxygen atoms in total. The first-order valence-electron chi connectivity index (χ1n) is 5.28. The molecule has 0 bridgehead atoms. The van der Waals surface area contributed by atoms with E-state index in [0.717, 1.165) is 18.1 Å². The molecule has 0 unspecified atom stereocenters. The lowest BCUT2D eigenvalue weighted by Crippen LogP contribution is -1.98. The van der Waals surface area contributed by atoms with E-state index in [1.54, 1.807) is 19.5 Å². The summed E-state index contributed by atoms with van der Waals surface area (Å²) >= 11 is 1.44. The number of aromatic nitrogens is 4. The van der Waals surface area contributed by atoms with E-state index < -0.39 is 0 Å². The molecule has 17 heavy (non-hydrogen) atoms. The van der Waals surface area contributed by atoms with Gasteiger partial charge in [-0.05, 0) is 6.42 Å². The average Bonchev–Trinajstić information content (AvgIpc) is 2.85. The smallest absolute Gasteiger partial charge is 0.242 e. The van der Waals surface area contributed by atoms with Gasteiger partial charge in [0.2, 0.25) is 11.0 Å². The van der Waals surface area contributed by atoms with Crippen LogP contribution in [-0.4, -0.2) is 33.8 Å². The summed E-state index contributed by atoms with van der Waals surface area (Å²) in [6, 6.07) is 0. The van der Waals surface area contributed by atoms with Crippen LogP contribution in [0.1, 0.15) is 13.3 Å². The van der Waals surface area contributed by atoms with Crippen LogP contribution in [0, 0.1) is 0 Å². The summed E-state index contributed by atoms with van der Waals surface area (Å²) < 4.78 is 5.14. The Balaban J connectivity index is 2.24. The van der Waals surface area contributed by atoms with E-state index in [1.165, 1.54) is 11.3 Å². The third-order valence-corrected chi connectivity index (χ3v) is 2.90. The highest BCUT2D eigenvalue weighted by Gasteiger charge is 2.13. The molecule has 0 radical (unpaired) electrons. The fourth-order valence-corrected chi connectivity index (χ4v) is 2.00. The van der Waals surface area contributed by atoms with Gasteiger partial charge in [-0.15, -0.1) is 10.2 Å². The molecule has 2 rings (SSSR count). The Labute approximate surface area is 103 Å². The lowest BCUT2D eigenvalue weighted by molar-refractivity contribution is 0.397. The Bertz CT molecular complexity index is 487. The van der Waals surface area contributed by atoms with Crippen molar-refractivity contribution in [2.45, 2.75) is 13.3 Å². The largest absolute Gasteiger partial charge is 0.479 e. The maximum Gasteiger partial charge on any atom is 0.242 e. The summed E-state index contributed by atoms with van der Waals surface area (Å²) in [5.74, 6) is 0.464.